The summed E-state index contributed by atoms with van der Waals surface area (Å²) in [6.07, 6.45) is 1.17. The van der Waals surface area contributed by atoms with Crippen molar-refractivity contribution in [2.45, 2.75) is 25.0 Å². The zero-order valence-electron chi connectivity index (χ0n) is 8.23. The maximum absolute atomic E-state index is 9.66. The van der Waals surface area contributed by atoms with Crippen LogP contribution in [-0.2, 0) is 6.42 Å². The van der Waals surface area contributed by atoms with E-state index in [2.05, 4.69) is 0 Å². The summed E-state index contributed by atoms with van der Waals surface area (Å²) in [6, 6.07) is 5.58. The molecule has 3 nitrogen and oxygen atoms in total. The smallest absolute Gasteiger partial charge is 0.124 e. The van der Waals surface area contributed by atoms with Gasteiger partial charge >= 0.3 is 0 Å². The molecular weight excluding hydrogens is 178 g/mol. The van der Waals surface area contributed by atoms with E-state index in [4.69, 9.17) is 10.5 Å². The largest absolute Gasteiger partial charge is 0.496 e. The molecule has 3 heteroatoms. The van der Waals surface area contributed by atoms with E-state index in [1.165, 1.54) is 5.56 Å². The lowest BCUT2D eigenvalue weighted by Gasteiger charge is -2.28. The predicted octanol–water partition coefficient (Wildman–Crippen LogP) is 1.00. The van der Waals surface area contributed by atoms with E-state index in [9.17, 15) is 5.11 Å². The van der Waals surface area contributed by atoms with Gasteiger partial charge in [0.15, 0.2) is 0 Å². The molecule has 0 spiro atoms. The molecule has 1 aromatic carbocycles. The molecule has 0 unspecified atom stereocenters. The van der Waals surface area contributed by atoms with Gasteiger partial charge in [-0.3, -0.25) is 0 Å². The van der Waals surface area contributed by atoms with Gasteiger partial charge in [-0.2, -0.15) is 0 Å². The summed E-state index contributed by atoms with van der Waals surface area (Å²) in [5.41, 5.74) is 8.10. The van der Waals surface area contributed by atoms with Gasteiger partial charge in [-0.1, -0.05) is 12.1 Å². The van der Waals surface area contributed by atoms with Crippen LogP contribution in [0, 0.1) is 0 Å². The Hall–Kier alpha value is -1.06. The van der Waals surface area contributed by atoms with Crippen molar-refractivity contribution in [3.05, 3.63) is 29.3 Å². The fraction of sp³-hybridized carbons (Fsp3) is 0.455. The number of hydrogen-bond donors (Lipinski definition) is 2. The van der Waals surface area contributed by atoms with Crippen molar-refractivity contribution in [2.75, 3.05) is 7.11 Å². The molecule has 1 aliphatic rings. The monoisotopic (exact) mass is 193 g/mol. The Morgan fingerprint density at radius 3 is 3.00 bits per heavy atom. The average Bonchev–Trinajstić information content (AvgIpc) is 2.23. The highest BCUT2D eigenvalue weighted by molar-refractivity contribution is 5.44. The van der Waals surface area contributed by atoms with Gasteiger partial charge in [0.1, 0.15) is 5.75 Å². The van der Waals surface area contributed by atoms with Gasteiger partial charge < -0.3 is 15.6 Å². The van der Waals surface area contributed by atoms with Crippen molar-refractivity contribution in [2.24, 2.45) is 5.73 Å². The van der Waals surface area contributed by atoms with Crippen LogP contribution in [-0.4, -0.2) is 18.3 Å². The molecule has 0 radical (unpaired) electrons. The highest BCUT2D eigenvalue weighted by atomic mass is 16.5. The summed E-state index contributed by atoms with van der Waals surface area (Å²) in [5, 5.41) is 9.66. The summed E-state index contributed by atoms with van der Waals surface area (Å²) >= 11 is 0. The molecule has 14 heavy (non-hydrogen) atoms. The SMILES string of the molecule is COc1cccc2c1[C@@H](N)[C@@H](O)CC2. The lowest BCUT2D eigenvalue weighted by atomic mass is 9.85. The summed E-state index contributed by atoms with van der Waals surface area (Å²) in [6.45, 7) is 0. The minimum Gasteiger partial charge on any atom is -0.496 e. The highest BCUT2D eigenvalue weighted by Crippen LogP contribution is 2.34. The summed E-state index contributed by atoms with van der Waals surface area (Å²) in [7, 11) is 1.63. The number of rotatable bonds is 1. The molecule has 1 aliphatic carbocycles. The van der Waals surface area contributed by atoms with Gasteiger partial charge in [0, 0.05) is 5.56 Å². The second kappa shape index (κ2) is 3.59. The summed E-state index contributed by atoms with van der Waals surface area (Å²) in [5.74, 6) is 0.786. The second-order valence-corrected chi connectivity index (χ2v) is 3.66. The molecule has 0 heterocycles. The van der Waals surface area contributed by atoms with E-state index in [0.29, 0.717) is 0 Å². The number of aliphatic hydroxyl groups is 1. The molecule has 0 saturated carbocycles. The third kappa shape index (κ3) is 1.38. The van der Waals surface area contributed by atoms with Crippen molar-refractivity contribution in [1.29, 1.82) is 0 Å². The van der Waals surface area contributed by atoms with Gasteiger partial charge in [0.05, 0.1) is 19.3 Å². The van der Waals surface area contributed by atoms with Crippen molar-refractivity contribution < 1.29 is 9.84 Å². The summed E-state index contributed by atoms with van der Waals surface area (Å²) in [4.78, 5) is 0. The van der Waals surface area contributed by atoms with Crippen LogP contribution in [0.3, 0.4) is 0 Å². The molecule has 0 amide bonds. The van der Waals surface area contributed by atoms with E-state index >= 15 is 0 Å². The zero-order chi connectivity index (χ0) is 10.1. The molecule has 1 aromatic rings. The second-order valence-electron chi connectivity index (χ2n) is 3.66. The number of aryl methyl sites for hydroxylation is 1. The van der Waals surface area contributed by atoms with Crippen LogP contribution in [0.4, 0.5) is 0 Å². The molecular formula is C11H15NO2. The Morgan fingerprint density at radius 2 is 2.29 bits per heavy atom. The Bertz CT molecular complexity index is 324. The van der Waals surface area contributed by atoms with Gasteiger partial charge in [0.2, 0.25) is 0 Å². The molecule has 0 aromatic heterocycles. The fourth-order valence-corrected chi connectivity index (χ4v) is 2.04. The molecule has 76 valence electrons. The van der Waals surface area contributed by atoms with Crippen molar-refractivity contribution in [3.8, 4) is 5.75 Å². The molecule has 0 fully saturated rings. The normalized spacial score (nSPS) is 25.6. The first-order valence-electron chi connectivity index (χ1n) is 4.83. The topological polar surface area (TPSA) is 55.5 Å². The average molecular weight is 193 g/mol. The number of aliphatic hydroxyl groups excluding tert-OH is 1. The Morgan fingerprint density at radius 1 is 1.50 bits per heavy atom. The van der Waals surface area contributed by atoms with E-state index in [0.717, 1.165) is 24.2 Å². The number of methoxy groups -OCH3 is 1. The molecule has 0 saturated heterocycles. The first-order chi connectivity index (χ1) is 6.74. The van der Waals surface area contributed by atoms with Crippen LogP contribution in [0.5, 0.6) is 5.75 Å². The van der Waals surface area contributed by atoms with E-state index < -0.39 is 6.10 Å². The summed E-state index contributed by atoms with van der Waals surface area (Å²) < 4.78 is 5.24. The lowest BCUT2D eigenvalue weighted by Crippen LogP contribution is -2.31. The molecule has 3 N–H and O–H groups in total. The van der Waals surface area contributed by atoms with Crippen molar-refractivity contribution in [3.63, 3.8) is 0 Å². The first kappa shape index (κ1) is 9.49. The standard InChI is InChI=1S/C11H15NO2/c1-14-9-4-2-3-7-5-6-8(13)11(12)10(7)9/h2-4,8,11,13H,5-6,12H2,1H3/t8-,11-/m0/s1. The van der Waals surface area contributed by atoms with E-state index in [-0.39, 0.29) is 6.04 Å². The van der Waals surface area contributed by atoms with Crippen molar-refractivity contribution in [1.82, 2.24) is 0 Å². The van der Waals surface area contributed by atoms with Crippen LogP contribution in [0.15, 0.2) is 18.2 Å². The molecule has 2 rings (SSSR count). The predicted molar refractivity (Wildman–Crippen MR) is 54.3 cm³/mol. The van der Waals surface area contributed by atoms with Crippen LogP contribution < -0.4 is 10.5 Å². The van der Waals surface area contributed by atoms with Gasteiger partial charge in [-0.15, -0.1) is 0 Å². The van der Waals surface area contributed by atoms with Crippen LogP contribution >= 0.6 is 0 Å². The van der Waals surface area contributed by atoms with Crippen molar-refractivity contribution >= 4 is 0 Å². The molecule has 2 atom stereocenters. The zero-order valence-corrected chi connectivity index (χ0v) is 8.23. The minimum absolute atomic E-state index is 0.310. The Labute approximate surface area is 83.5 Å². The van der Waals surface area contributed by atoms with Crippen LogP contribution in [0.25, 0.3) is 0 Å². The number of hydrogen-bond acceptors (Lipinski definition) is 3. The minimum atomic E-state index is -0.446. The molecule has 0 aliphatic heterocycles. The number of fused-ring (bicyclic) bond motifs is 1. The van der Waals surface area contributed by atoms with Crippen LogP contribution in [0.2, 0.25) is 0 Å². The first-order valence-corrected chi connectivity index (χ1v) is 4.83. The van der Waals surface area contributed by atoms with E-state index in [1.807, 2.05) is 18.2 Å². The number of nitrogens with two attached hydrogens (primary N) is 1. The number of benzene rings is 1. The maximum atomic E-state index is 9.66. The molecule has 0 bridgehead atoms. The van der Waals surface area contributed by atoms with E-state index in [1.54, 1.807) is 7.11 Å². The lowest BCUT2D eigenvalue weighted by molar-refractivity contribution is 0.126. The van der Waals surface area contributed by atoms with Gasteiger partial charge in [-0.25, -0.2) is 0 Å². The van der Waals surface area contributed by atoms with Gasteiger partial charge in [-0.05, 0) is 24.5 Å². The fourth-order valence-electron chi connectivity index (χ4n) is 2.04. The maximum Gasteiger partial charge on any atom is 0.124 e. The number of ether oxygens (including phenoxy) is 1. The quantitative estimate of drug-likeness (QED) is 0.699. The highest BCUT2D eigenvalue weighted by Gasteiger charge is 2.27. The Kier molecular flexibility index (Phi) is 2.44. The third-order valence-electron chi connectivity index (χ3n) is 2.83. The third-order valence-corrected chi connectivity index (χ3v) is 2.83. The van der Waals surface area contributed by atoms with Gasteiger partial charge in [0.25, 0.3) is 0 Å². The Balaban J connectivity index is 2.49. The van der Waals surface area contributed by atoms with Crippen LogP contribution in [0.1, 0.15) is 23.6 Å².